The van der Waals surface area contributed by atoms with Crippen molar-refractivity contribution in [1.29, 1.82) is 0 Å². The molecule has 19 heavy (non-hydrogen) atoms. The number of benzene rings is 1. The highest BCUT2D eigenvalue weighted by Crippen LogP contribution is 2.12. The SMILES string of the molecule is CCCNCCC(C(=O)c1ccccc1)S(=O)(=O)O. The summed E-state index contributed by atoms with van der Waals surface area (Å²) >= 11 is 0. The summed E-state index contributed by atoms with van der Waals surface area (Å²) in [6.07, 6.45) is 0.982. The van der Waals surface area contributed by atoms with Crippen molar-refractivity contribution in [2.24, 2.45) is 0 Å². The van der Waals surface area contributed by atoms with Crippen LogP contribution in [0.5, 0.6) is 0 Å². The van der Waals surface area contributed by atoms with E-state index in [1.807, 2.05) is 6.92 Å². The lowest BCUT2D eigenvalue weighted by Crippen LogP contribution is -2.33. The molecule has 1 aromatic carbocycles. The molecule has 0 radical (unpaired) electrons. The third-order valence-electron chi connectivity index (χ3n) is 2.72. The molecule has 0 heterocycles. The van der Waals surface area contributed by atoms with Crippen molar-refractivity contribution in [2.75, 3.05) is 13.1 Å². The first-order valence-electron chi connectivity index (χ1n) is 6.23. The van der Waals surface area contributed by atoms with Crippen LogP contribution < -0.4 is 5.32 Å². The molecule has 0 aliphatic heterocycles. The van der Waals surface area contributed by atoms with Crippen LogP contribution in [0.15, 0.2) is 30.3 Å². The van der Waals surface area contributed by atoms with Gasteiger partial charge in [-0.25, -0.2) is 0 Å². The second-order valence-electron chi connectivity index (χ2n) is 4.27. The van der Waals surface area contributed by atoms with Gasteiger partial charge in [0.15, 0.2) is 11.0 Å². The summed E-state index contributed by atoms with van der Waals surface area (Å²) in [5.74, 6) is -0.568. The number of nitrogens with one attached hydrogen (secondary N) is 1. The molecule has 0 fully saturated rings. The minimum Gasteiger partial charge on any atom is -0.317 e. The molecule has 1 rings (SSSR count). The van der Waals surface area contributed by atoms with Crippen molar-refractivity contribution in [1.82, 2.24) is 5.32 Å². The van der Waals surface area contributed by atoms with E-state index in [1.165, 1.54) is 0 Å². The first kappa shape index (κ1) is 15.8. The molecule has 0 saturated carbocycles. The van der Waals surface area contributed by atoms with Gasteiger partial charge in [-0.1, -0.05) is 37.3 Å². The highest BCUT2D eigenvalue weighted by molar-refractivity contribution is 7.87. The van der Waals surface area contributed by atoms with Gasteiger partial charge in [0, 0.05) is 5.56 Å². The quantitative estimate of drug-likeness (QED) is 0.430. The van der Waals surface area contributed by atoms with Gasteiger partial charge < -0.3 is 5.32 Å². The average Bonchev–Trinajstić information content (AvgIpc) is 2.37. The second-order valence-corrected chi connectivity index (χ2v) is 5.87. The van der Waals surface area contributed by atoms with E-state index in [-0.39, 0.29) is 6.42 Å². The second kappa shape index (κ2) is 7.37. The lowest BCUT2D eigenvalue weighted by atomic mass is 10.1. The lowest BCUT2D eigenvalue weighted by Gasteiger charge is -2.13. The molecule has 2 N–H and O–H groups in total. The van der Waals surface area contributed by atoms with E-state index >= 15 is 0 Å². The van der Waals surface area contributed by atoms with Crippen LogP contribution >= 0.6 is 0 Å². The Kier molecular flexibility index (Phi) is 6.14. The largest absolute Gasteiger partial charge is 0.317 e. The first-order valence-corrected chi connectivity index (χ1v) is 7.73. The van der Waals surface area contributed by atoms with Gasteiger partial charge in [0.1, 0.15) is 0 Å². The standard InChI is InChI=1S/C13H19NO4S/c1-2-9-14-10-8-12(19(16,17)18)13(15)11-6-4-3-5-7-11/h3-7,12,14H,2,8-10H2,1H3,(H,16,17,18). The van der Waals surface area contributed by atoms with E-state index in [9.17, 15) is 17.8 Å². The van der Waals surface area contributed by atoms with Gasteiger partial charge in [-0.3, -0.25) is 9.35 Å². The summed E-state index contributed by atoms with van der Waals surface area (Å²) in [6.45, 7) is 3.11. The molecule has 0 spiro atoms. The summed E-state index contributed by atoms with van der Waals surface area (Å²) in [5.41, 5.74) is 0.292. The number of carbonyl (C=O) groups excluding carboxylic acids is 1. The molecular formula is C13H19NO4S. The Morgan fingerprint density at radius 3 is 2.42 bits per heavy atom. The first-order chi connectivity index (χ1) is 8.96. The number of rotatable bonds is 8. The maximum absolute atomic E-state index is 12.1. The van der Waals surface area contributed by atoms with Crippen molar-refractivity contribution >= 4 is 15.9 Å². The molecule has 0 aliphatic carbocycles. The highest BCUT2D eigenvalue weighted by Gasteiger charge is 2.31. The van der Waals surface area contributed by atoms with E-state index in [0.717, 1.165) is 13.0 Å². The van der Waals surface area contributed by atoms with Crippen LogP contribution in [-0.4, -0.2) is 37.1 Å². The van der Waals surface area contributed by atoms with Gasteiger partial charge in [0.25, 0.3) is 10.1 Å². The molecule has 6 heteroatoms. The Morgan fingerprint density at radius 1 is 1.26 bits per heavy atom. The maximum atomic E-state index is 12.1. The fourth-order valence-electron chi connectivity index (χ4n) is 1.74. The number of Topliss-reactive ketones (excluding diaryl/α,β-unsaturated/α-hetero) is 1. The molecule has 0 saturated heterocycles. The number of hydrogen-bond donors (Lipinski definition) is 2. The topological polar surface area (TPSA) is 83.5 Å². The molecule has 1 unspecified atom stereocenters. The summed E-state index contributed by atoms with van der Waals surface area (Å²) in [6, 6.07) is 8.13. The zero-order valence-corrected chi connectivity index (χ0v) is 11.7. The van der Waals surface area contributed by atoms with E-state index < -0.39 is 21.2 Å². The van der Waals surface area contributed by atoms with E-state index in [2.05, 4.69) is 5.32 Å². The third kappa shape index (κ3) is 5.10. The van der Waals surface area contributed by atoms with Crippen LogP contribution in [0.2, 0.25) is 0 Å². The van der Waals surface area contributed by atoms with Crippen molar-refractivity contribution in [3.05, 3.63) is 35.9 Å². The van der Waals surface area contributed by atoms with E-state index in [0.29, 0.717) is 12.1 Å². The zero-order valence-electron chi connectivity index (χ0n) is 10.9. The Morgan fingerprint density at radius 2 is 1.89 bits per heavy atom. The Hall–Kier alpha value is -1.24. The Bertz CT molecular complexity index is 499. The van der Waals surface area contributed by atoms with Crippen molar-refractivity contribution in [3.63, 3.8) is 0 Å². The van der Waals surface area contributed by atoms with Gasteiger partial charge in [-0.05, 0) is 25.9 Å². The van der Waals surface area contributed by atoms with Gasteiger partial charge in [0.2, 0.25) is 0 Å². The molecule has 5 nitrogen and oxygen atoms in total. The fourth-order valence-corrected chi connectivity index (χ4v) is 2.56. The van der Waals surface area contributed by atoms with Gasteiger partial charge >= 0.3 is 0 Å². The summed E-state index contributed by atoms with van der Waals surface area (Å²) in [7, 11) is -4.39. The smallest absolute Gasteiger partial charge is 0.275 e. The monoisotopic (exact) mass is 285 g/mol. The molecule has 1 atom stereocenters. The van der Waals surface area contributed by atoms with Gasteiger partial charge in [0.05, 0.1) is 0 Å². The maximum Gasteiger partial charge on any atom is 0.275 e. The predicted molar refractivity (Wildman–Crippen MR) is 73.9 cm³/mol. The molecule has 1 aromatic rings. The van der Waals surface area contributed by atoms with Crippen LogP contribution in [0, 0.1) is 0 Å². The minimum absolute atomic E-state index is 0.0621. The molecule has 0 bridgehead atoms. The number of hydrogen-bond acceptors (Lipinski definition) is 4. The van der Waals surface area contributed by atoms with Crippen LogP contribution in [0.25, 0.3) is 0 Å². The third-order valence-corrected chi connectivity index (χ3v) is 3.89. The molecule has 106 valence electrons. The summed E-state index contributed by atoms with van der Waals surface area (Å²) in [4.78, 5) is 12.1. The van der Waals surface area contributed by atoms with Crippen LogP contribution in [0.3, 0.4) is 0 Å². The van der Waals surface area contributed by atoms with Crippen LogP contribution in [0.1, 0.15) is 30.1 Å². The summed E-state index contributed by atoms with van der Waals surface area (Å²) < 4.78 is 31.8. The number of ketones is 1. The Labute approximate surface area is 113 Å². The lowest BCUT2D eigenvalue weighted by molar-refractivity contribution is 0.0981. The molecule has 0 amide bonds. The van der Waals surface area contributed by atoms with Gasteiger partial charge in [-0.2, -0.15) is 8.42 Å². The van der Waals surface area contributed by atoms with Crippen molar-refractivity contribution in [3.8, 4) is 0 Å². The minimum atomic E-state index is -4.39. The van der Waals surface area contributed by atoms with E-state index in [1.54, 1.807) is 30.3 Å². The predicted octanol–water partition coefficient (Wildman–Crippen LogP) is 1.52. The van der Waals surface area contributed by atoms with E-state index in [4.69, 9.17) is 0 Å². The fraction of sp³-hybridized carbons (Fsp3) is 0.462. The zero-order chi connectivity index (χ0) is 14.3. The summed E-state index contributed by atoms with van der Waals surface area (Å²) in [5, 5.41) is 1.61. The Balaban J connectivity index is 2.78. The van der Waals surface area contributed by atoms with Gasteiger partial charge in [-0.15, -0.1) is 0 Å². The van der Waals surface area contributed by atoms with Crippen LogP contribution in [-0.2, 0) is 10.1 Å². The highest BCUT2D eigenvalue weighted by atomic mass is 32.2. The van der Waals surface area contributed by atoms with Crippen molar-refractivity contribution in [2.45, 2.75) is 25.0 Å². The normalized spacial score (nSPS) is 13.2. The molecule has 0 aromatic heterocycles. The average molecular weight is 285 g/mol. The molecule has 0 aliphatic rings. The molecular weight excluding hydrogens is 266 g/mol. The number of carbonyl (C=O) groups is 1. The van der Waals surface area contributed by atoms with Crippen molar-refractivity contribution < 1.29 is 17.8 Å². The van der Waals surface area contributed by atoms with Crippen LogP contribution in [0.4, 0.5) is 0 Å².